The summed E-state index contributed by atoms with van der Waals surface area (Å²) in [5.74, 6) is 0. The lowest BCUT2D eigenvalue weighted by Gasteiger charge is -2.12. The zero-order valence-corrected chi connectivity index (χ0v) is 2.43. The normalized spacial score (nSPS) is 8.75. The molecule has 0 spiro atoms. The van der Waals surface area contributed by atoms with Gasteiger partial charge < -0.3 is 10.2 Å². The highest BCUT2D eigenvalue weighted by atomic mass is 16.5. The third-order valence-corrected chi connectivity index (χ3v) is 0. The lowest BCUT2D eigenvalue weighted by molar-refractivity contribution is 0.756. The van der Waals surface area contributed by atoms with Gasteiger partial charge in [0.2, 0.25) is 0 Å². The molecule has 3 heteroatoms. The van der Waals surface area contributed by atoms with Gasteiger partial charge in [-0.25, -0.2) is 0 Å². The fraction of sp³-hybridized carbons (Fsp3) is 1.00. The highest BCUT2D eigenvalue weighted by molar-refractivity contribution is 6.04. The first kappa shape index (κ1) is 3.98. The molecule has 0 aliphatic carbocycles. The molecule has 0 amide bonds. The molecule has 0 aromatic heterocycles. The van der Waals surface area contributed by atoms with Crippen molar-refractivity contribution in [2.75, 3.05) is 7.05 Å². The molecule has 2 radical (unpaired) electrons. The van der Waals surface area contributed by atoms with E-state index in [0.29, 0.717) is 0 Å². The molecule has 4 heavy (non-hydrogen) atoms. The van der Waals surface area contributed by atoms with Gasteiger partial charge in [0.25, 0.3) is 0 Å². The Morgan fingerprint density at radius 1 is 2.00 bits per heavy atom. The molecule has 22 valence electrons. The van der Waals surface area contributed by atoms with Crippen molar-refractivity contribution in [1.29, 1.82) is 0 Å². The van der Waals surface area contributed by atoms with Crippen molar-refractivity contribution in [2.45, 2.75) is 0 Å². The monoisotopic (exact) mass is 56.0 g/mol. The average molecular weight is 55.9 g/mol. The Balaban J connectivity index is 2.32. The van der Waals surface area contributed by atoms with Gasteiger partial charge in [-0.15, -0.1) is 0 Å². The standard InChI is InChI=1S/CH3BNO/c1-3(2)4/h1H3/q-1. The number of rotatable bonds is 0. The smallest absolute Gasteiger partial charge is 0.165 e. The number of hydrogen-bond donors (Lipinski definition) is 0. The van der Waals surface area contributed by atoms with E-state index in [4.69, 9.17) is 5.21 Å². The van der Waals surface area contributed by atoms with Crippen molar-refractivity contribution in [2.24, 2.45) is 0 Å². The molecule has 0 N–H and O–H groups in total. The number of hydroxylamine groups is 1. The third kappa shape index (κ3) is 8480. The van der Waals surface area contributed by atoms with Gasteiger partial charge in [-0.1, -0.05) is 0 Å². The first-order chi connectivity index (χ1) is 1.73. The van der Waals surface area contributed by atoms with Crippen molar-refractivity contribution >= 4 is 7.98 Å². The Labute approximate surface area is 26.4 Å². The van der Waals surface area contributed by atoms with Crippen LogP contribution in [0.4, 0.5) is 0 Å². The van der Waals surface area contributed by atoms with Crippen LogP contribution in [0.1, 0.15) is 0 Å². The van der Waals surface area contributed by atoms with E-state index in [1.165, 1.54) is 7.05 Å². The molecule has 0 aliphatic heterocycles. The molecular formula is CH3BNO-. The van der Waals surface area contributed by atoms with Crippen molar-refractivity contribution in [3.05, 3.63) is 5.21 Å². The van der Waals surface area contributed by atoms with Crippen LogP contribution in [-0.4, -0.2) is 20.0 Å². The van der Waals surface area contributed by atoms with E-state index in [2.05, 4.69) is 7.98 Å². The van der Waals surface area contributed by atoms with Crippen LogP contribution in [0.2, 0.25) is 0 Å². The van der Waals surface area contributed by atoms with Gasteiger partial charge in [0, 0.05) is 0 Å². The molecule has 0 atom stereocenters. The molecule has 0 aromatic rings. The van der Waals surface area contributed by atoms with Crippen LogP contribution in [0.5, 0.6) is 0 Å². The van der Waals surface area contributed by atoms with E-state index in [1.54, 1.807) is 0 Å². The van der Waals surface area contributed by atoms with Gasteiger partial charge in [0.1, 0.15) is 0 Å². The molecule has 0 bridgehead atoms. The van der Waals surface area contributed by atoms with Crippen molar-refractivity contribution in [3.8, 4) is 0 Å². The van der Waals surface area contributed by atoms with Gasteiger partial charge in [-0.05, 0) is 7.05 Å². The molecule has 0 rings (SSSR count). The molecular weight excluding hydrogens is 52.8 g/mol. The summed E-state index contributed by atoms with van der Waals surface area (Å²) in [6, 6.07) is 0. The SMILES string of the molecule is [B]N(C)[O-]. The summed E-state index contributed by atoms with van der Waals surface area (Å²) in [7, 11) is 5.61. The second-order valence-corrected chi connectivity index (χ2v) is 0.546. The lowest BCUT2D eigenvalue weighted by atomic mass is 10.4. The van der Waals surface area contributed by atoms with Crippen molar-refractivity contribution < 1.29 is 0 Å². The van der Waals surface area contributed by atoms with Gasteiger partial charge in [0.05, 0.1) is 0 Å². The summed E-state index contributed by atoms with van der Waals surface area (Å²) in [5, 5.41) is 9.14. The summed E-state index contributed by atoms with van der Waals surface area (Å²) in [4.78, 5) is 0.250. The van der Waals surface area contributed by atoms with E-state index in [0.717, 1.165) is 0 Å². The van der Waals surface area contributed by atoms with Crippen LogP contribution in [0.3, 0.4) is 0 Å². The predicted octanol–water partition coefficient (Wildman–Crippen LogP) is -0.501. The Morgan fingerprint density at radius 3 is 2.00 bits per heavy atom. The van der Waals surface area contributed by atoms with Crippen LogP contribution in [0, 0.1) is 5.21 Å². The van der Waals surface area contributed by atoms with Gasteiger partial charge in [-0.2, -0.15) is 0 Å². The Kier molecular flexibility index (Phi) is 1.31. The number of hydrogen-bond acceptors (Lipinski definition) is 2. The van der Waals surface area contributed by atoms with Gasteiger partial charge >= 0.3 is 0 Å². The molecule has 0 unspecified atom stereocenters. The predicted molar refractivity (Wildman–Crippen MR) is 16.9 cm³/mol. The quantitative estimate of drug-likeness (QED) is 0.276. The van der Waals surface area contributed by atoms with Crippen LogP contribution in [0.15, 0.2) is 0 Å². The van der Waals surface area contributed by atoms with Crippen molar-refractivity contribution in [1.82, 2.24) is 4.97 Å². The number of nitrogens with zero attached hydrogens (tertiary/aromatic N) is 1. The van der Waals surface area contributed by atoms with Crippen LogP contribution in [0.25, 0.3) is 0 Å². The lowest BCUT2D eigenvalue weighted by Crippen LogP contribution is -1.99. The fourth-order valence-electron chi connectivity index (χ4n) is 0. The molecule has 0 saturated heterocycles. The summed E-state index contributed by atoms with van der Waals surface area (Å²) in [6.45, 7) is 0. The van der Waals surface area contributed by atoms with Crippen molar-refractivity contribution in [3.63, 3.8) is 0 Å². The minimum Gasteiger partial charge on any atom is -0.797 e. The second-order valence-electron chi connectivity index (χ2n) is 0.546. The minimum absolute atomic E-state index is 0.250. The maximum Gasteiger partial charge on any atom is 0.165 e. The fourth-order valence-corrected chi connectivity index (χ4v) is 0. The average Bonchev–Trinajstić information content (AvgIpc) is 0.811. The highest BCUT2D eigenvalue weighted by Crippen LogP contribution is 1.49. The Bertz CT molecular complexity index is 12.8. The van der Waals surface area contributed by atoms with Gasteiger partial charge in [-0.3, -0.25) is 0 Å². The van der Waals surface area contributed by atoms with E-state index in [-0.39, 0.29) is 4.97 Å². The van der Waals surface area contributed by atoms with E-state index in [9.17, 15) is 0 Å². The first-order valence-electron chi connectivity index (χ1n) is 0.888. The Hall–Kier alpha value is -0.0151. The summed E-state index contributed by atoms with van der Waals surface area (Å²) in [5.41, 5.74) is 0. The minimum atomic E-state index is 0.250. The molecule has 0 heterocycles. The summed E-state index contributed by atoms with van der Waals surface area (Å²) >= 11 is 0. The van der Waals surface area contributed by atoms with Crippen LogP contribution in [-0.2, 0) is 0 Å². The topological polar surface area (TPSA) is 26.3 Å². The second kappa shape index (κ2) is 1.32. The van der Waals surface area contributed by atoms with E-state index < -0.39 is 0 Å². The summed E-state index contributed by atoms with van der Waals surface area (Å²) in [6.07, 6.45) is 0. The first-order valence-corrected chi connectivity index (χ1v) is 0.888. The maximum atomic E-state index is 9.14. The summed E-state index contributed by atoms with van der Waals surface area (Å²) < 4.78 is 0. The molecule has 0 aliphatic rings. The third-order valence-electron chi connectivity index (χ3n) is 0. The Morgan fingerprint density at radius 2 is 2.00 bits per heavy atom. The highest BCUT2D eigenvalue weighted by Gasteiger charge is 1.45. The van der Waals surface area contributed by atoms with E-state index in [1.807, 2.05) is 0 Å². The van der Waals surface area contributed by atoms with Crippen LogP contribution >= 0.6 is 0 Å². The zero-order valence-electron chi connectivity index (χ0n) is 2.43. The molecule has 0 fully saturated rings. The van der Waals surface area contributed by atoms with Gasteiger partial charge in [0.15, 0.2) is 7.98 Å². The largest absolute Gasteiger partial charge is 0.797 e. The molecule has 0 aromatic carbocycles. The molecule has 0 saturated carbocycles. The molecule has 2 nitrogen and oxygen atoms in total. The zero-order chi connectivity index (χ0) is 3.58. The van der Waals surface area contributed by atoms with E-state index >= 15 is 0 Å². The van der Waals surface area contributed by atoms with Crippen LogP contribution < -0.4 is 0 Å². The maximum absolute atomic E-state index is 9.14.